The molecule has 0 aliphatic carbocycles. The van der Waals surface area contributed by atoms with Crippen LogP contribution in [0.25, 0.3) is 0 Å². The number of rotatable bonds is 8. The van der Waals surface area contributed by atoms with E-state index < -0.39 is 0 Å². The SMILES string of the molecule is CCN(CC)c1nccc(Nc2ccc(OCc3ccccc3)cc2)n1. The minimum Gasteiger partial charge on any atom is -0.489 e. The molecule has 3 aromatic rings. The van der Waals surface area contributed by atoms with Gasteiger partial charge in [-0.15, -0.1) is 0 Å². The first kappa shape index (κ1) is 17.7. The molecule has 1 N–H and O–H groups in total. The van der Waals surface area contributed by atoms with Gasteiger partial charge in [0.1, 0.15) is 18.2 Å². The van der Waals surface area contributed by atoms with Crippen molar-refractivity contribution >= 4 is 17.5 Å². The van der Waals surface area contributed by atoms with Gasteiger partial charge in [0.25, 0.3) is 0 Å². The summed E-state index contributed by atoms with van der Waals surface area (Å²) in [6, 6.07) is 19.9. The first-order chi connectivity index (χ1) is 12.8. The predicted octanol–water partition coefficient (Wildman–Crippen LogP) is 4.65. The lowest BCUT2D eigenvalue weighted by Crippen LogP contribution is -2.24. The summed E-state index contributed by atoms with van der Waals surface area (Å²) in [6.45, 7) is 6.52. The topological polar surface area (TPSA) is 50.3 Å². The van der Waals surface area contributed by atoms with Crippen LogP contribution in [0, 0.1) is 0 Å². The van der Waals surface area contributed by atoms with E-state index in [4.69, 9.17) is 4.74 Å². The van der Waals surface area contributed by atoms with Crippen molar-refractivity contribution in [3.63, 3.8) is 0 Å². The summed E-state index contributed by atoms with van der Waals surface area (Å²) in [5.74, 6) is 2.36. The van der Waals surface area contributed by atoms with E-state index in [0.717, 1.165) is 41.9 Å². The van der Waals surface area contributed by atoms with Crippen molar-refractivity contribution in [3.05, 3.63) is 72.4 Å². The molecule has 3 rings (SSSR count). The van der Waals surface area contributed by atoms with Gasteiger partial charge in [-0.3, -0.25) is 0 Å². The second-order valence-corrected chi connectivity index (χ2v) is 5.84. The van der Waals surface area contributed by atoms with Gasteiger partial charge >= 0.3 is 0 Å². The largest absolute Gasteiger partial charge is 0.489 e. The Morgan fingerprint density at radius 2 is 1.65 bits per heavy atom. The number of ether oxygens (including phenoxy) is 1. The smallest absolute Gasteiger partial charge is 0.227 e. The number of hydrogen-bond acceptors (Lipinski definition) is 5. The number of nitrogens with one attached hydrogen (secondary N) is 1. The zero-order valence-electron chi connectivity index (χ0n) is 15.2. The van der Waals surface area contributed by atoms with Gasteiger partial charge in [0.15, 0.2) is 0 Å². The number of anilines is 3. The maximum Gasteiger partial charge on any atom is 0.227 e. The molecule has 0 bridgehead atoms. The molecule has 0 fully saturated rings. The van der Waals surface area contributed by atoms with Crippen LogP contribution in [0.2, 0.25) is 0 Å². The van der Waals surface area contributed by atoms with E-state index in [1.807, 2.05) is 48.5 Å². The van der Waals surface area contributed by atoms with Crippen LogP contribution in [0.5, 0.6) is 5.75 Å². The average molecular weight is 348 g/mol. The van der Waals surface area contributed by atoms with E-state index in [1.54, 1.807) is 6.20 Å². The van der Waals surface area contributed by atoms with Crippen molar-refractivity contribution in [3.8, 4) is 5.75 Å². The summed E-state index contributed by atoms with van der Waals surface area (Å²) >= 11 is 0. The minimum atomic E-state index is 0.562. The Labute approximate surface area is 154 Å². The monoisotopic (exact) mass is 348 g/mol. The molecule has 0 aliphatic heterocycles. The molecule has 1 heterocycles. The highest BCUT2D eigenvalue weighted by molar-refractivity contribution is 5.58. The third-order valence-electron chi connectivity index (χ3n) is 4.06. The first-order valence-corrected chi connectivity index (χ1v) is 8.90. The molecule has 0 radical (unpaired) electrons. The highest BCUT2D eigenvalue weighted by atomic mass is 16.5. The summed E-state index contributed by atoms with van der Waals surface area (Å²) in [7, 11) is 0. The zero-order chi connectivity index (χ0) is 18.2. The molecule has 2 aromatic carbocycles. The Hall–Kier alpha value is -3.08. The van der Waals surface area contributed by atoms with Crippen LogP contribution in [0.1, 0.15) is 19.4 Å². The van der Waals surface area contributed by atoms with Gasteiger partial charge in [0, 0.05) is 25.0 Å². The van der Waals surface area contributed by atoms with Crippen LogP contribution in [-0.2, 0) is 6.61 Å². The summed E-state index contributed by atoms with van der Waals surface area (Å²) in [5, 5.41) is 3.32. The molecule has 0 spiro atoms. The van der Waals surface area contributed by atoms with Crippen molar-refractivity contribution in [2.75, 3.05) is 23.3 Å². The molecule has 0 saturated carbocycles. The number of benzene rings is 2. The predicted molar refractivity (Wildman–Crippen MR) is 106 cm³/mol. The third kappa shape index (κ3) is 4.72. The van der Waals surface area contributed by atoms with Crippen molar-refractivity contribution in [1.29, 1.82) is 0 Å². The van der Waals surface area contributed by atoms with Crippen molar-refractivity contribution in [2.24, 2.45) is 0 Å². The zero-order valence-corrected chi connectivity index (χ0v) is 15.2. The summed E-state index contributed by atoms with van der Waals surface area (Å²) in [6.07, 6.45) is 1.78. The highest BCUT2D eigenvalue weighted by Crippen LogP contribution is 2.20. The van der Waals surface area contributed by atoms with Crippen LogP contribution in [0.15, 0.2) is 66.9 Å². The van der Waals surface area contributed by atoms with E-state index in [-0.39, 0.29) is 0 Å². The molecular weight excluding hydrogens is 324 g/mol. The Balaban J connectivity index is 1.61. The third-order valence-corrected chi connectivity index (χ3v) is 4.06. The van der Waals surface area contributed by atoms with E-state index >= 15 is 0 Å². The van der Waals surface area contributed by atoms with E-state index in [9.17, 15) is 0 Å². The normalized spacial score (nSPS) is 10.4. The fraction of sp³-hybridized carbons (Fsp3) is 0.238. The summed E-state index contributed by atoms with van der Waals surface area (Å²) < 4.78 is 5.82. The first-order valence-electron chi connectivity index (χ1n) is 8.90. The van der Waals surface area contributed by atoms with Gasteiger partial charge in [0.2, 0.25) is 5.95 Å². The van der Waals surface area contributed by atoms with Crippen molar-refractivity contribution in [2.45, 2.75) is 20.5 Å². The quantitative estimate of drug-likeness (QED) is 0.642. The molecule has 0 unspecified atom stereocenters. The van der Waals surface area contributed by atoms with Crippen LogP contribution in [-0.4, -0.2) is 23.1 Å². The second kappa shape index (κ2) is 8.85. The van der Waals surface area contributed by atoms with E-state index in [2.05, 4.69) is 46.2 Å². The van der Waals surface area contributed by atoms with E-state index in [0.29, 0.717) is 6.61 Å². The molecule has 1 aromatic heterocycles. The summed E-state index contributed by atoms with van der Waals surface area (Å²) in [5.41, 5.74) is 2.11. The average Bonchev–Trinajstić information content (AvgIpc) is 2.70. The molecular formula is C21H24N4O. The lowest BCUT2D eigenvalue weighted by molar-refractivity contribution is 0.306. The second-order valence-electron chi connectivity index (χ2n) is 5.84. The van der Waals surface area contributed by atoms with Crippen molar-refractivity contribution in [1.82, 2.24) is 9.97 Å². The molecule has 0 atom stereocenters. The van der Waals surface area contributed by atoms with Crippen LogP contribution >= 0.6 is 0 Å². The van der Waals surface area contributed by atoms with Gasteiger partial charge < -0.3 is 15.0 Å². The van der Waals surface area contributed by atoms with E-state index in [1.165, 1.54) is 0 Å². The lowest BCUT2D eigenvalue weighted by atomic mass is 10.2. The van der Waals surface area contributed by atoms with Crippen molar-refractivity contribution < 1.29 is 4.74 Å². The van der Waals surface area contributed by atoms with Gasteiger partial charge in [-0.1, -0.05) is 30.3 Å². The standard InChI is InChI=1S/C21H24N4O/c1-3-25(4-2)21-22-15-14-20(24-21)23-18-10-12-19(13-11-18)26-16-17-8-6-5-7-9-17/h5-15H,3-4,16H2,1-2H3,(H,22,23,24). The maximum absolute atomic E-state index is 5.82. The molecule has 0 saturated heterocycles. The fourth-order valence-electron chi connectivity index (χ4n) is 2.60. The number of nitrogens with zero attached hydrogens (tertiary/aromatic N) is 3. The molecule has 0 aliphatic rings. The molecule has 134 valence electrons. The fourth-order valence-corrected chi connectivity index (χ4v) is 2.60. The Kier molecular flexibility index (Phi) is 6.04. The number of hydrogen-bond donors (Lipinski definition) is 1. The maximum atomic E-state index is 5.82. The molecule has 5 nitrogen and oxygen atoms in total. The van der Waals surface area contributed by atoms with Crippen LogP contribution in [0.4, 0.5) is 17.5 Å². The Morgan fingerprint density at radius 3 is 2.35 bits per heavy atom. The summed E-state index contributed by atoms with van der Waals surface area (Å²) in [4.78, 5) is 11.0. The number of aromatic nitrogens is 2. The molecule has 26 heavy (non-hydrogen) atoms. The van der Waals surface area contributed by atoms with Gasteiger partial charge in [-0.05, 0) is 49.7 Å². The Morgan fingerprint density at radius 1 is 0.923 bits per heavy atom. The van der Waals surface area contributed by atoms with Crippen LogP contribution in [0.3, 0.4) is 0 Å². The minimum absolute atomic E-state index is 0.562. The van der Waals surface area contributed by atoms with Crippen LogP contribution < -0.4 is 15.0 Å². The highest BCUT2D eigenvalue weighted by Gasteiger charge is 2.06. The molecule has 5 heteroatoms. The Bertz CT molecular complexity index is 802. The van der Waals surface area contributed by atoms with Gasteiger partial charge in [-0.25, -0.2) is 4.98 Å². The lowest BCUT2D eigenvalue weighted by Gasteiger charge is -2.18. The van der Waals surface area contributed by atoms with Gasteiger partial charge in [0.05, 0.1) is 0 Å². The van der Waals surface area contributed by atoms with Gasteiger partial charge in [-0.2, -0.15) is 4.98 Å². The molecule has 0 amide bonds.